The van der Waals surface area contributed by atoms with Crippen LogP contribution in [0.4, 0.5) is 0 Å². The Labute approximate surface area is 252 Å². The highest BCUT2D eigenvalue weighted by Crippen LogP contribution is 2.30. The van der Waals surface area contributed by atoms with Crippen LogP contribution in [0.3, 0.4) is 0 Å². The number of aromatic amines is 1. The van der Waals surface area contributed by atoms with Crippen molar-refractivity contribution in [3.63, 3.8) is 0 Å². The highest BCUT2D eigenvalue weighted by Gasteiger charge is 2.19. The predicted molar refractivity (Wildman–Crippen MR) is 171 cm³/mol. The van der Waals surface area contributed by atoms with E-state index in [1.807, 2.05) is 18.2 Å². The number of carbonyl (C=O) groups excluding carboxylic acids is 1. The van der Waals surface area contributed by atoms with Crippen molar-refractivity contribution in [1.29, 1.82) is 0 Å². The zero-order valence-corrected chi connectivity index (χ0v) is 25.7. The largest absolute Gasteiger partial charge is 0.352 e. The van der Waals surface area contributed by atoms with Crippen molar-refractivity contribution in [2.45, 2.75) is 60.0 Å². The quantitative estimate of drug-likeness (QED) is 0.148. The van der Waals surface area contributed by atoms with Gasteiger partial charge in [-0.3, -0.25) is 4.79 Å². The second-order valence-electron chi connectivity index (χ2n) is 11.3. The van der Waals surface area contributed by atoms with Crippen LogP contribution >= 0.6 is 12.6 Å². The molecule has 1 amide bonds. The number of benzene rings is 3. The van der Waals surface area contributed by atoms with Crippen LogP contribution in [0.1, 0.15) is 56.1 Å². The van der Waals surface area contributed by atoms with Crippen LogP contribution in [-0.2, 0) is 24.3 Å². The maximum atomic E-state index is 12.9. The van der Waals surface area contributed by atoms with Gasteiger partial charge in [0, 0.05) is 36.7 Å². The molecule has 0 saturated heterocycles. The third-order valence-corrected chi connectivity index (χ3v) is 8.03. The molecule has 3 aromatic carbocycles. The van der Waals surface area contributed by atoms with Gasteiger partial charge in [-0.1, -0.05) is 75.4 Å². The maximum Gasteiger partial charge on any atom is 0.224 e. The van der Waals surface area contributed by atoms with Gasteiger partial charge in [-0.05, 0) is 64.8 Å². The van der Waals surface area contributed by atoms with E-state index in [2.05, 4.69) is 113 Å². The summed E-state index contributed by atoms with van der Waals surface area (Å²) in [6.45, 7) is 9.76. The Bertz CT molecular complexity index is 1640. The SMILES string of the molecule is CCCc1nc2c(C)cc(CNC(=O)[C@H](CS)CC(C)C)cc2n1Cc1ccc(-c2ccccc2-c2nn[nH]n2)cc1. The summed E-state index contributed by atoms with van der Waals surface area (Å²) >= 11 is 4.42. The third kappa shape index (κ3) is 6.57. The molecule has 0 unspecified atom stereocenters. The molecule has 2 heterocycles. The van der Waals surface area contributed by atoms with Gasteiger partial charge in [0.25, 0.3) is 0 Å². The number of nitrogens with zero attached hydrogens (tertiary/aromatic N) is 5. The Kier molecular flexibility index (Phi) is 9.37. The van der Waals surface area contributed by atoms with Crippen LogP contribution in [0.25, 0.3) is 33.5 Å². The molecule has 0 aliphatic rings. The second kappa shape index (κ2) is 13.3. The van der Waals surface area contributed by atoms with Crippen molar-refractivity contribution in [1.82, 2.24) is 35.5 Å². The van der Waals surface area contributed by atoms with E-state index in [9.17, 15) is 4.79 Å². The number of tetrazole rings is 1. The van der Waals surface area contributed by atoms with Crippen LogP contribution in [0.5, 0.6) is 0 Å². The summed E-state index contributed by atoms with van der Waals surface area (Å²) in [6.07, 6.45) is 2.75. The number of aromatic nitrogens is 6. The molecule has 0 saturated carbocycles. The third-order valence-electron chi connectivity index (χ3n) is 7.59. The van der Waals surface area contributed by atoms with Crippen LogP contribution in [0.2, 0.25) is 0 Å². The summed E-state index contributed by atoms with van der Waals surface area (Å²) in [4.78, 5) is 17.9. The lowest BCUT2D eigenvalue weighted by atomic mass is 9.98. The molecule has 0 bridgehead atoms. The van der Waals surface area contributed by atoms with Gasteiger partial charge in [-0.25, -0.2) is 4.98 Å². The Hall–Kier alpha value is -3.98. The first-order valence-electron chi connectivity index (χ1n) is 14.7. The fourth-order valence-corrected chi connectivity index (χ4v) is 5.87. The van der Waals surface area contributed by atoms with Crippen molar-refractivity contribution in [3.8, 4) is 22.5 Å². The van der Waals surface area contributed by atoms with Crippen LogP contribution in [0.15, 0.2) is 60.7 Å². The molecule has 8 nitrogen and oxygen atoms in total. The minimum absolute atomic E-state index is 0.0672. The van der Waals surface area contributed by atoms with Crippen molar-refractivity contribution in [2.24, 2.45) is 11.8 Å². The highest BCUT2D eigenvalue weighted by atomic mass is 32.1. The van der Waals surface area contributed by atoms with Gasteiger partial charge in [0.1, 0.15) is 5.82 Å². The van der Waals surface area contributed by atoms with Gasteiger partial charge < -0.3 is 9.88 Å². The molecule has 42 heavy (non-hydrogen) atoms. The fourth-order valence-electron chi connectivity index (χ4n) is 5.55. The lowest BCUT2D eigenvalue weighted by molar-refractivity contribution is -0.124. The van der Waals surface area contributed by atoms with Crippen molar-refractivity contribution >= 4 is 29.6 Å². The number of hydrogen-bond donors (Lipinski definition) is 3. The molecule has 0 aliphatic heterocycles. The van der Waals surface area contributed by atoms with Crippen LogP contribution in [-0.4, -0.2) is 41.8 Å². The zero-order valence-electron chi connectivity index (χ0n) is 24.8. The van der Waals surface area contributed by atoms with Gasteiger partial charge in [0.15, 0.2) is 0 Å². The highest BCUT2D eigenvalue weighted by molar-refractivity contribution is 7.80. The first-order valence-corrected chi connectivity index (χ1v) is 15.3. The number of thiol groups is 1. The van der Waals surface area contributed by atoms with Gasteiger partial charge in [0.2, 0.25) is 11.7 Å². The standard InChI is InChI=1S/C33H39N7OS/c1-5-8-30-35-31-22(4)16-24(18-34-33(41)26(20-42)15-21(2)3)17-29(31)40(30)19-23-11-13-25(14-12-23)27-9-6-7-10-28(27)32-36-38-39-37-32/h6-7,9-14,16-17,21,26,42H,5,8,15,18-20H2,1-4H3,(H,34,41)(H,36,37,38,39)/t26-/m0/s1. The molecule has 2 aromatic heterocycles. The maximum absolute atomic E-state index is 12.9. The molecule has 1 atom stereocenters. The number of carbonyl (C=O) groups is 1. The number of hydrogen-bond acceptors (Lipinski definition) is 6. The Morgan fingerprint density at radius 2 is 1.81 bits per heavy atom. The fraction of sp³-hybridized carbons (Fsp3) is 0.364. The minimum Gasteiger partial charge on any atom is -0.352 e. The topological polar surface area (TPSA) is 101 Å². The van der Waals surface area contributed by atoms with Gasteiger partial charge in [-0.2, -0.15) is 17.8 Å². The molecule has 9 heteroatoms. The molecule has 0 radical (unpaired) electrons. The molecule has 5 rings (SSSR count). The molecule has 5 aromatic rings. The number of fused-ring (bicyclic) bond motifs is 1. The molecule has 0 aliphatic carbocycles. The average molecular weight is 582 g/mol. The molecule has 0 fully saturated rings. The normalized spacial score (nSPS) is 12.2. The van der Waals surface area contributed by atoms with Gasteiger partial charge >= 0.3 is 0 Å². The summed E-state index contributed by atoms with van der Waals surface area (Å²) in [5, 5.41) is 17.8. The summed E-state index contributed by atoms with van der Waals surface area (Å²) in [5.41, 5.74) is 8.59. The lowest BCUT2D eigenvalue weighted by Gasteiger charge is -2.17. The number of amides is 1. The lowest BCUT2D eigenvalue weighted by Crippen LogP contribution is -2.32. The Balaban J connectivity index is 1.41. The van der Waals surface area contributed by atoms with E-state index < -0.39 is 0 Å². The summed E-state index contributed by atoms with van der Waals surface area (Å²) in [6, 6.07) is 21.1. The number of imidazole rings is 1. The molecule has 2 N–H and O–H groups in total. The average Bonchev–Trinajstić information content (AvgIpc) is 3.65. The number of aryl methyl sites for hydroxylation is 2. The van der Waals surface area contributed by atoms with E-state index in [1.165, 1.54) is 5.56 Å². The molecular weight excluding hydrogens is 542 g/mol. The predicted octanol–water partition coefficient (Wildman–Crippen LogP) is 6.40. The van der Waals surface area contributed by atoms with Crippen LogP contribution < -0.4 is 5.32 Å². The smallest absolute Gasteiger partial charge is 0.224 e. The van der Waals surface area contributed by atoms with Gasteiger partial charge in [0.05, 0.1) is 11.0 Å². The summed E-state index contributed by atoms with van der Waals surface area (Å²) in [5.74, 6) is 2.64. The van der Waals surface area contributed by atoms with E-state index in [1.54, 1.807) is 0 Å². The molecular formula is C33H39N7OS. The number of rotatable bonds is 12. The van der Waals surface area contributed by atoms with E-state index in [4.69, 9.17) is 4.98 Å². The van der Waals surface area contributed by atoms with Crippen molar-refractivity contribution in [2.75, 3.05) is 5.75 Å². The first kappa shape index (κ1) is 29.5. The van der Waals surface area contributed by atoms with E-state index in [-0.39, 0.29) is 11.8 Å². The second-order valence-corrected chi connectivity index (χ2v) is 11.7. The Morgan fingerprint density at radius 1 is 1.05 bits per heavy atom. The van der Waals surface area contributed by atoms with E-state index in [0.717, 1.165) is 63.9 Å². The molecule has 0 spiro atoms. The molecule has 218 valence electrons. The number of H-pyrrole nitrogens is 1. The first-order chi connectivity index (χ1) is 20.4. The minimum atomic E-state index is -0.0815. The van der Waals surface area contributed by atoms with Crippen molar-refractivity contribution in [3.05, 3.63) is 83.2 Å². The summed E-state index contributed by atoms with van der Waals surface area (Å²) < 4.78 is 2.33. The van der Waals surface area contributed by atoms with Crippen LogP contribution in [0, 0.1) is 18.8 Å². The zero-order chi connectivity index (χ0) is 29.6. The van der Waals surface area contributed by atoms with E-state index in [0.29, 0.717) is 30.6 Å². The summed E-state index contributed by atoms with van der Waals surface area (Å²) in [7, 11) is 0. The number of nitrogens with one attached hydrogen (secondary N) is 2. The Morgan fingerprint density at radius 3 is 2.48 bits per heavy atom. The van der Waals surface area contributed by atoms with Crippen molar-refractivity contribution < 1.29 is 4.79 Å². The van der Waals surface area contributed by atoms with Gasteiger partial charge in [-0.15, -0.1) is 10.2 Å². The van der Waals surface area contributed by atoms with E-state index >= 15 is 0 Å². The monoisotopic (exact) mass is 581 g/mol.